The van der Waals surface area contributed by atoms with E-state index in [9.17, 15) is 4.79 Å². The highest BCUT2D eigenvalue weighted by atomic mass is 32.2. The first-order valence-electron chi connectivity index (χ1n) is 4.98. The van der Waals surface area contributed by atoms with Crippen LogP contribution in [0.4, 0.5) is 0 Å². The molecule has 0 amide bonds. The lowest BCUT2D eigenvalue weighted by molar-refractivity contribution is 0.0685. The van der Waals surface area contributed by atoms with Crippen molar-refractivity contribution < 1.29 is 9.90 Å². The van der Waals surface area contributed by atoms with Gasteiger partial charge >= 0.3 is 5.97 Å². The Kier molecular flexibility index (Phi) is 3.72. The van der Waals surface area contributed by atoms with E-state index in [0.717, 1.165) is 5.56 Å². The van der Waals surface area contributed by atoms with Gasteiger partial charge in [0.25, 0.3) is 0 Å². The summed E-state index contributed by atoms with van der Waals surface area (Å²) in [6.07, 6.45) is 2.88. The number of hydrogen-bond acceptors (Lipinski definition) is 4. The average Bonchev–Trinajstić information content (AvgIpc) is 2.38. The zero-order valence-electron chi connectivity index (χ0n) is 8.91. The second-order valence-electron chi connectivity index (χ2n) is 3.29. The number of carboxylic acids is 1. The van der Waals surface area contributed by atoms with Crippen LogP contribution in [0.15, 0.2) is 47.8 Å². The maximum absolute atomic E-state index is 10.9. The number of benzene rings is 1. The largest absolute Gasteiger partial charge is 0.476 e. The van der Waals surface area contributed by atoms with E-state index in [1.54, 1.807) is 0 Å². The number of nitrogens with zero attached hydrogens (tertiary/aromatic N) is 2. The van der Waals surface area contributed by atoms with E-state index >= 15 is 0 Å². The Morgan fingerprint density at radius 2 is 1.88 bits per heavy atom. The molecule has 1 aromatic carbocycles. The molecule has 0 bridgehead atoms. The van der Waals surface area contributed by atoms with Gasteiger partial charge in [-0.2, -0.15) is 0 Å². The molecule has 0 aliphatic heterocycles. The van der Waals surface area contributed by atoms with Gasteiger partial charge < -0.3 is 5.11 Å². The van der Waals surface area contributed by atoms with Gasteiger partial charge in [-0.25, -0.2) is 14.8 Å². The fraction of sp³-hybridized carbons (Fsp3) is 0.0833. The van der Waals surface area contributed by atoms with Crippen LogP contribution >= 0.6 is 11.8 Å². The maximum Gasteiger partial charge on any atom is 0.357 e. The fourth-order valence-corrected chi connectivity index (χ4v) is 2.21. The Bertz CT molecular complexity index is 517. The van der Waals surface area contributed by atoms with Crippen molar-refractivity contribution >= 4 is 17.7 Å². The summed E-state index contributed by atoms with van der Waals surface area (Å²) in [6, 6.07) is 9.82. The predicted octanol–water partition coefficient (Wildman–Crippen LogP) is 2.47. The predicted molar refractivity (Wildman–Crippen MR) is 65.0 cm³/mol. The molecular weight excluding hydrogens is 236 g/mol. The molecule has 4 nitrogen and oxygen atoms in total. The van der Waals surface area contributed by atoms with Crippen molar-refractivity contribution in [2.45, 2.75) is 10.8 Å². The van der Waals surface area contributed by atoms with Gasteiger partial charge in [0, 0.05) is 18.1 Å². The molecule has 0 fully saturated rings. The number of rotatable bonds is 4. The highest BCUT2D eigenvalue weighted by Crippen LogP contribution is 2.22. The molecular formula is C12H10N2O2S. The minimum Gasteiger partial charge on any atom is -0.476 e. The highest BCUT2D eigenvalue weighted by Gasteiger charge is 2.12. The van der Waals surface area contributed by atoms with E-state index in [1.807, 2.05) is 30.3 Å². The molecule has 0 unspecified atom stereocenters. The first-order chi connectivity index (χ1) is 8.27. The van der Waals surface area contributed by atoms with E-state index in [-0.39, 0.29) is 5.69 Å². The molecule has 17 heavy (non-hydrogen) atoms. The Morgan fingerprint density at radius 3 is 2.59 bits per heavy atom. The summed E-state index contributed by atoms with van der Waals surface area (Å²) >= 11 is 1.37. The molecule has 1 aromatic heterocycles. The Hall–Kier alpha value is -1.88. The Balaban J connectivity index is 2.12. The van der Waals surface area contributed by atoms with Gasteiger partial charge in [0.05, 0.1) is 0 Å². The lowest BCUT2D eigenvalue weighted by Crippen LogP contribution is -2.03. The van der Waals surface area contributed by atoms with Crippen LogP contribution in [0.1, 0.15) is 16.1 Å². The molecule has 0 aliphatic carbocycles. The van der Waals surface area contributed by atoms with Crippen LogP contribution in [0.2, 0.25) is 0 Å². The lowest BCUT2D eigenvalue weighted by atomic mass is 10.2. The molecule has 2 aromatic rings. The van der Waals surface area contributed by atoms with E-state index < -0.39 is 5.97 Å². The number of carboxylic acid groups (broad SMARTS) is 1. The Morgan fingerprint density at radius 1 is 1.18 bits per heavy atom. The summed E-state index contributed by atoms with van der Waals surface area (Å²) in [5.74, 6) is -0.367. The molecule has 86 valence electrons. The second kappa shape index (κ2) is 5.45. The molecule has 0 saturated carbocycles. The van der Waals surface area contributed by atoms with Crippen LogP contribution in [-0.2, 0) is 5.75 Å². The van der Waals surface area contributed by atoms with Crippen LogP contribution < -0.4 is 0 Å². The summed E-state index contributed by atoms with van der Waals surface area (Å²) in [5, 5.41) is 9.40. The van der Waals surface area contributed by atoms with Crippen molar-refractivity contribution in [1.29, 1.82) is 0 Å². The third-order valence-corrected chi connectivity index (χ3v) is 3.14. The molecule has 0 atom stereocenters. The van der Waals surface area contributed by atoms with Crippen molar-refractivity contribution in [3.8, 4) is 0 Å². The van der Waals surface area contributed by atoms with Crippen LogP contribution in [0.5, 0.6) is 0 Å². The Labute approximate surface area is 103 Å². The van der Waals surface area contributed by atoms with E-state index in [4.69, 9.17) is 5.11 Å². The summed E-state index contributed by atoms with van der Waals surface area (Å²) in [6.45, 7) is 0. The van der Waals surface area contributed by atoms with Crippen molar-refractivity contribution in [2.24, 2.45) is 0 Å². The fourth-order valence-electron chi connectivity index (χ4n) is 1.30. The quantitative estimate of drug-likeness (QED) is 0.839. The van der Waals surface area contributed by atoms with Crippen molar-refractivity contribution in [3.05, 3.63) is 54.0 Å². The van der Waals surface area contributed by atoms with Crippen LogP contribution in [0.3, 0.4) is 0 Å². The van der Waals surface area contributed by atoms with Crippen LogP contribution in [0, 0.1) is 0 Å². The summed E-state index contributed by atoms with van der Waals surface area (Å²) in [4.78, 5) is 18.8. The van der Waals surface area contributed by atoms with Gasteiger partial charge in [0.2, 0.25) is 0 Å². The van der Waals surface area contributed by atoms with Crippen molar-refractivity contribution in [2.75, 3.05) is 0 Å². The monoisotopic (exact) mass is 246 g/mol. The number of hydrogen-bond donors (Lipinski definition) is 1. The third kappa shape index (κ3) is 3.04. The molecule has 0 saturated heterocycles. The second-order valence-corrected chi connectivity index (χ2v) is 4.25. The molecule has 5 heteroatoms. The number of thioether (sulfide) groups is 1. The van der Waals surface area contributed by atoms with Crippen LogP contribution in [0.25, 0.3) is 0 Å². The molecule has 0 radical (unpaired) electrons. The third-order valence-electron chi connectivity index (χ3n) is 2.09. The normalized spacial score (nSPS) is 10.1. The minimum absolute atomic E-state index is 0.00781. The maximum atomic E-state index is 10.9. The summed E-state index contributed by atoms with van der Waals surface area (Å²) in [5.41, 5.74) is 1.13. The molecule has 0 spiro atoms. The highest BCUT2D eigenvalue weighted by molar-refractivity contribution is 7.98. The van der Waals surface area contributed by atoms with Gasteiger partial charge in [0.15, 0.2) is 5.69 Å². The van der Waals surface area contributed by atoms with Gasteiger partial charge in [-0.05, 0) is 5.56 Å². The van der Waals surface area contributed by atoms with Gasteiger partial charge in [0.1, 0.15) is 5.03 Å². The molecule has 2 rings (SSSR count). The summed E-state index contributed by atoms with van der Waals surface area (Å²) in [7, 11) is 0. The lowest BCUT2D eigenvalue weighted by Gasteiger charge is -2.03. The average molecular weight is 246 g/mol. The molecule has 1 heterocycles. The number of aromatic nitrogens is 2. The standard InChI is InChI=1S/C12H10N2O2S/c15-12(16)10-11(14-7-6-13-10)17-8-9-4-2-1-3-5-9/h1-7H,8H2,(H,15,16). The summed E-state index contributed by atoms with van der Waals surface area (Å²) < 4.78 is 0. The molecule has 1 N–H and O–H groups in total. The van der Waals surface area contributed by atoms with Gasteiger partial charge in [-0.3, -0.25) is 0 Å². The smallest absolute Gasteiger partial charge is 0.357 e. The SMILES string of the molecule is O=C(O)c1nccnc1SCc1ccccc1. The topological polar surface area (TPSA) is 63.1 Å². The zero-order chi connectivity index (χ0) is 12.1. The first kappa shape index (κ1) is 11.6. The number of carbonyl (C=O) groups is 1. The minimum atomic E-state index is -1.05. The van der Waals surface area contributed by atoms with E-state index in [1.165, 1.54) is 24.2 Å². The van der Waals surface area contributed by atoms with Crippen molar-refractivity contribution in [3.63, 3.8) is 0 Å². The van der Waals surface area contributed by atoms with E-state index in [0.29, 0.717) is 10.8 Å². The number of aromatic carboxylic acids is 1. The van der Waals surface area contributed by atoms with Gasteiger partial charge in [-0.15, -0.1) is 0 Å². The first-order valence-corrected chi connectivity index (χ1v) is 5.97. The zero-order valence-corrected chi connectivity index (χ0v) is 9.72. The van der Waals surface area contributed by atoms with Crippen molar-refractivity contribution in [1.82, 2.24) is 9.97 Å². The van der Waals surface area contributed by atoms with Gasteiger partial charge in [-0.1, -0.05) is 42.1 Å². The van der Waals surface area contributed by atoms with E-state index in [2.05, 4.69) is 9.97 Å². The molecule has 0 aliphatic rings. The van der Waals surface area contributed by atoms with Crippen LogP contribution in [-0.4, -0.2) is 21.0 Å².